The van der Waals surface area contributed by atoms with Gasteiger partial charge in [-0.1, -0.05) is 23.2 Å². The Bertz CT molecular complexity index is 677. The van der Waals surface area contributed by atoms with E-state index in [0.717, 1.165) is 0 Å². The van der Waals surface area contributed by atoms with Crippen LogP contribution in [0.3, 0.4) is 0 Å². The molecule has 1 aliphatic heterocycles. The maximum atomic E-state index is 12.4. The number of carbonyl (C=O) groups excluding carboxylic acids is 1. The zero-order chi connectivity index (χ0) is 16.5. The first-order valence-corrected chi connectivity index (χ1v) is 9.36. The minimum absolute atomic E-state index is 0.00363. The van der Waals surface area contributed by atoms with Crippen LogP contribution in [0.5, 0.6) is 5.75 Å². The molecule has 122 valence electrons. The number of hydrogen-bond donors (Lipinski definition) is 0. The molecule has 5 nitrogen and oxygen atoms in total. The lowest BCUT2D eigenvalue weighted by atomic mass is 10.2. The summed E-state index contributed by atoms with van der Waals surface area (Å²) in [5.74, 6) is 0.199. The first-order chi connectivity index (χ1) is 10.2. The number of halogens is 2. The van der Waals surface area contributed by atoms with E-state index in [1.54, 1.807) is 26.1 Å². The lowest BCUT2D eigenvalue weighted by molar-refractivity contribution is -0.138. The minimum Gasteiger partial charge on any atom is -0.479 e. The number of nitrogens with zero attached hydrogens (tertiary/aromatic N) is 1. The number of sulfone groups is 1. The highest BCUT2D eigenvalue weighted by molar-refractivity contribution is 7.91. The van der Waals surface area contributed by atoms with Crippen LogP contribution in [0, 0.1) is 0 Å². The van der Waals surface area contributed by atoms with Gasteiger partial charge in [0, 0.05) is 18.1 Å². The van der Waals surface area contributed by atoms with Gasteiger partial charge in [0.05, 0.1) is 16.5 Å². The number of hydrogen-bond acceptors (Lipinski definition) is 4. The molecular weight excluding hydrogens is 349 g/mol. The zero-order valence-corrected chi connectivity index (χ0v) is 14.6. The molecule has 8 heteroatoms. The maximum absolute atomic E-state index is 12.4. The summed E-state index contributed by atoms with van der Waals surface area (Å²) in [7, 11) is -1.45. The van der Waals surface area contributed by atoms with E-state index in [1.165, 1.54) is 11.0 Å². The first kappa shape index (κ1) is 17.4. The van der Waals surface area contributed by atoms with Crippen LogP contribution in [0.15, 0.2) is 18.2 Å². The average molecular weight is 366 g/mol. The van der Waals surface area contributed by atoms with Crippen molar-refractivity contribution in [2.24, 2.45) is 0 Å². The van der Waals surface area contributed by atoms with Crippen LogP contribution >= 0.6 is 23.2 Å². The van der Waals surface area contributed by atoms with Gasteiger partial charge in [0.2, 0.25) is 0 Å². The van der Waals surface area contributed by atoms with Gasteiger partial charge in [-0.05, 0) is 31.5 Å². The van der Waals surface area contributed by atoms with E-state index < -0.39 is 15.9 Å². The lowest BCUT2D eigenvalue weighted by Gasteiger charge is -2.27. The highest BCUT2D eigenvalue weighted by Crippen LogP contribution is 2.28. The normalized spacial score (nSPS) is 21.4. The molecular formula is C14H17Cl2NO4S. The summed E-state index contributed by atoms with van der Waals surface area (Å²) in [6.45, 7) is 1.60. The number of benzene rings is 1. The second-order valence-electron chi connectivity index (χ2n) is 5.34. The molecule has 0 aromatic heterocycles. The predicted octanol–water partition coefficient (Wildman–Crippen LogP) is 2.41. The molecule has 22 heavy (non-hydrogen) atoms. The van der Waals surface area contributed by atoms with Crippen molar-refractivity contribution in [3.8, 4) is 5.75 Å². The van der Waals surface area contributed by atoms with Gasteiger partial charge in [0.15, 0.2) is 15.9 Å². The van der Waals surface area contributed by atoms with Crippen molar-refractivity contribution >= 4 is 38.9 Å². The molecule has 2 unspecified atom stereocenters. The van der Waals surface area contributed by atoms with Gasteiger partial charge in [0.25, 0.3) is 5.91 Å². The number of amides is 1. The van der Waals surface area contributed by atoms with E-state index in [4.69, 9.17) is 27.9 Å². The van der Waals surface area contributed by atoms with E-state index in [-0.39, 0.29) is 23.5 Å². The van der Waals surface area contributed by atoms with Crippen LogP contribution in [0.4, 0.5) is 0 Å². The fourth-order valence-corrected chi connectivity index (χ4v) is 4.59. The fourth-order valence-electron chi connectivity index (χ4n) is 2.36. The summed E-state index contributed by atoms with van der Waals surface area (Å²) < 4.78 is 28.6. The summed E-state index contributed by atoms with van der Waals surface area (Å²) in [6, 6.07) is 4.44. The van der Waals surface area contributed by atoms with Gasteiger partial charge >= 0.3 is 0 Å². The smallest absolute Gasteiger partial charge is 0.263 e. The molecule has 0 saturated carbocycles. The molecule has 0 radical (unpaired) electrons. The average Bonchev–Trinajstić information content (AvgIpc) is 2.80. The Morgan fingerprint density at radius 3 is 2.64 bits per heavy atom. The molecule has 2 rings (SSSR count). The van der Waals surface area contributed by atoms with E-state index in [2.05, 4.69) is 0 Å². The summed E-state index contributed by atoms with van der Waals surface area (Å²) in [5, 5.41) is 0.794. The Labute approximate surface area is 140 Å². The van der Waals surface area contributed by atoms with Crippen molar-refractivity contribution in [3.63, 3.8) is 0 Å². The predicted molar refractivity (Wildman–Crippen MR) is 86.4 cm³/mol. The number of ether oxygens (including phenoxy) is 1. The lowest BCUT2D eigenvalue weighted by Crippen LogP contribution is -2.44. The standard InChI is InChI=1S/C14H17Cl2NO4S/c1-9(21-13-4-3-10(15)7-12(13)16)14(18)17(2)11-5-6-22(19,20)8-11/h3-4,7,9,11H,5-6,8H2,1-2H3. The Morgan fingerprint density at radius 1 is 1.41 bits per heavy atom. The first-order valence-electron chi connectivity index (χ1n) is 6.78. The molecule has 2 atom stereocenters. The van der Waals surface area contributed by atoms with Crippen LogP contribution in [-0.2, 0) is 14.6 Å². The van der Waals surface area contributed by atoms with Crippen molar-refractivity contribution in [2.75, 3.05) is 18.6 Å². The van der Waals surface area contributed by atoms with Gasteiger partial charge < -0.3 is 9.64 Å². The largest absolute Gasteiger partial charge is 0.479 e. The highest BCUT2D eigenvalue weighted by atomic mass is 35.5. The zero-order valence-electron chi connectivity index (χ0n) is 12.3. The molecule has 0 bridgehead atoms. The second kappa shape index (κ2) is 6.64. The van der Waals surface area contributed by atoms with Crippen molar-refractivity contribution in [2.45, 2.75) is 25.5 Å². The van der Waals surface area contributed by atoms with Gasteiger partial charge in [-0.3, -0.25) is 4.79 Å². The number of rotatable bonds is 4. The molecule has 1 aromatic carbocycles. The molecule has 1 saturated heterocycles. The van der Waals surface area contributed by atoms with Crippen molar-refractivity contribution < 1.29 is 17.9 Å². The number of likely N-dealkylation sites (N-methyl/N-ethyl adjacent to an activating group) is 1. The second-order valence-corrected chi connectivity index (χ2v) is 8.41. The quantitative estimate of drug-likeness (QED) is 0.821. The molecule has 0 aliphatic carbocycles. The summed E-state index contributed by atoms with van der Waals surface area (Å²) in [4.78, 5) is 13.8. The van der Waals surface area contributed by atoms with Gasteiger partial charge in [-0.15, -0.1) is 0 Å². The molecule has 0 N–H and O–H groups in total. The Kier molecular flexibility index (Phi) is 5.25. The van der Waals surface area contributed by atoms with Crippen LogP contribution < -0.4 is 4.74 Å². The number of carbonyl (C=O) groups is 1. The molecule has 1 aliphatic rings. The van der Waals surface area contributed by atoms with Crippen LogP contribution in [-0.4, -0.2) is 49.9 Å². The Hall–Kier alpha value is -0.980. The van der Waals surface area contributed by atoms with Crippen molar-refractivity contribution in [1.29, 1.82) is 0 Å². The summed E-state index contributed by atoms with van der Waals surface area (Å²) >= 11 is 11.8. The topological polar surface area (TPSA) is 63.7 Å². The maximum Gasteiger partial charge on any atom is 0.263 e. The Balaban J connectivity index is 2.02. The third-order valence-corrected chi connectivity index (χ3v) is 5.93. The Morgan fingerprint density at radius 2 is 2.09 bits per heavy atom. The monoisotopic (exact) mass is 365 g/mol. The SMILES string of the molecule is CC(Oc1ccc(Cl)cc1Cl)C(=O)N(C)C1CCS(=O)(=O)C1. The molecule has 0 spiro atoms. The van der Waals surface area contributed by atoms with Crippen molar-refractivity contribution in [1.82, 2.24) is 4.90 Å². The summed E-state index contributed by atoms with van der Waals surface area (Å²) in [6.07, 6.45) is -0.314. The van der Waals surface area contributed by atoms with E-state index in [0.29, 0.717) is 22.2 Å². The molecule has 1 heterocycles. The van der Waals surface area contributed by atoms with Gasteiger partial charge in [-0.2, -0.15) is 0 Å². The van der Waals surface area contributed by atoms with Gasteiger partial charge in [0.1, 0.15) is 5.75 Å². The van der Waals surface area contributed by atoms with Crippen LogP contribution in [0.1, 0.15) is 13.3 Å². The minimum atomic E-state index is -3.04. The van der Waals surface area contributed by atoms with E-state index in [9.17, 15) is 13.2 Å². The van der Waals surface area contributed by atoms with Crippen LogP contribution in [0.25, 0.3) is 0 Å². The van der Waals surface area contributed by atoms with Crippen LogP contribution in [0.2, 0.25) is 10.0 Å². The highest BCUT2D eigenvalue weighted by Gasteiger charge is 2.34. The van der Waals surface area contributed by atoms with E-state index in [1.807, 2.05) is 0 Å². The van der Waals surface area contributed by atoms with E-state index >= 15 is 0 Å². The molecule has 1 fully saturated rings. The molecule has 1 amide bonds. The van der Waals surface area contributed by atoms with Crippen molar-refractivity contribution in [3.05, 3.63) is 28.2 Å². The third-order valence-electron chi connectivity index (χ3n) is 3.65. The summed E-state index contributed by atoms with van der Waals surface area (Å²) in [5.41, 5.74) is 0. The third kappa shape index (κ3) is 4.06. The molecule has 1 aromatic rings. The fraction of sp³-hybridized carbons (Fsp3) is 0.500. The van der Waals surface area contributed by atoms with Gasteiger partial charge in [-0.25, -0.2) is 8.42 Å².